The predicted octanol–water partition coefficient (Wildman–Crippen LogP) is 7.96. The number of hydrogen-bond acceptors (Lipinski definition) is 7. The van der Waals surface area contributed by atoms with Crippen LogP contribution in [0.2, 0.25) is 0 Å². The topological polar surface area (TPSA) is 115 Å². The minimum absolute atomic E-state index is 0.0603. The van der Waals surface area contributed by atoms with Crippen molar-refractivity contribution in [2.45, 2.75) is 30.1 Å². The van der Waals surface area contributed by atoms with Crippen LogP contribution in [0.15, 0.2) is 138 Å². The van der Waals surface area contributed by atoms with E-state index in [1.807, 2.05) is 79.7 Å². The molecule has 0 saturated carbocycles. The molecule has 1 aliphatic heterocycles. The van der Waals surface area contributed by atoms with Gasteiger partial charge in [-0.25, -0.2) is 0 Å². The third kappa shape index (κ3) is 9.80. The van der Waals surface area contributed by atoms with Gasteiger partial charge >= 0.3 is 0 Å². The lowest BCUT2D eigenvalue weighted by Crippen LogP contribution is -2.30. The number of anilines is 2. The van der Waals surface area contributed by atoms with E-state index in [-0.39, 0.29) is 11.6 Å². The number of fused-ring (bicyclic) bond motifs is 1. The van der Waals surface area contributed by atoms with Crippen LogP contribution >= 0.6 is 11.8 Å². The van der Waals surface area contributed by atoms with Crippen molar-refractivity contribution in [2.24, 2.45) is 0 Å². The van der Waals surface area contributed by atoms with Crippen LogP contribution < -0.4 is 30.2 Å². The fraction of sp³-hybridized carbons (Fsp3) is 0.146. The predicted molar refractivity (Wildman–Crippen MR) is 200 cm³/mol. The van der Waals surface area contributed by atoms with Crippen molar-refractivity contribution < 1.29 is 28.6 Å². The molecule has 6 rings (SSSR count). The third-order valence-electron chi connectivity index (χ3n) is 7.81. The van der Waals surface area contributed by atoms with Gasteiger partial charge in [0.2, 0.25) is 5.91 Å². The summed E-state index contributed by atoms with van der Waals surface area (Å²) < 4.78 is 17.1. The Morgan fingerprint density at radius 1 is 0.765 bits per heavy atom. The Morgan fingerprint density at radius 2 is 1.47 bits per heavy atom. The van der Waals surface area contributed by atoms with Crippen LogP contribution in [0, 0.1) is 0 Å². The first-order valence-electron chi connectivity index (χ1n) is 16.6. The zero-order valence-corrected chi connectivity index (χ0v) is 28.8. The molecule has 0 aromatic heterocycles. The molecule has 0 aliphatic carbocycles. The van der Waals surface area contributed by atoms with Crippen molar-refractivity contribution in [3.8, 4) is 17.2 Å². The summed E-state index contributed by atoms with van der Waals surface area (Å²) in [6.45, 7) is 3.32. The average molecular weight is 700 g/mol. The Bertz CT molecular complexity index is 2000. The smallest absolute Gasteiger partial charge is 0.272 e. The number of nitrogens with one attached hydrogen (secondary N) is 3. The molecule has 9 nitrogen and oxygen atoms in total. The summed E-state index contributed by atoms with van der Waals surface area (Å²) in [4.78, 5) is 40.9. The molecular formula is C41H37N3O6S. The van der Waals surface area contributed by atoms with Crippen molar-refractivity contribution in [1.29, 1.82) is 0 Å². The Labute approximate surface area is 301 Å². The van der Waals surface area contributed by atoms with Gasteiger partial charge in [0.15, 0.2) is 11.5 Å². The number of hydrogen-bond donors (Lipinski definition) is 3. The van der Waals surface area contributed by atoms with Crippen LogP contribution in [0.4, 0.5) is 11.4 Å². The highest BCUT2D eigenvalue weighted by Crippen LogP contribution is 2.34. The zero-order valence-electron chi connectivity index (χ0n) is 28.0. The molecule has 0 spiro atoms. The highest BCUT2D eigenvalue weighted by atomic mass is 32.2. The standard InChI is InChI=1S/C41H37N3O6S/c1-2-38(41(47)43-32-18-21-36-37(26-32)49-23-22-48-36)51-34-15-9-14-31(25-34)42-40(46)35(44-39(45)30-12-7-4-8-13-30)24-28-16-19-33(20-17-28)50-27-29-10-5-3-6-11-29/h3-21,24-26,38H,2,22-23,27H2,1H3,(H,42,46)(H,43,47)(H,44,45)/b35-24+. The van der Waals surface area contributed by atoms with Crippen LogP contribution in [0.25, 0.3) is 6.08 Å². The highest BCUT2D eigenvalue weighted by Gasteiger charge is 2.21. The number of carbonyl (C=O) groups is 3. The second kappa shape index (κ2) is 17.1. The lowest BCUT2D eigenvalue weighted by atomic mass is 10.1. The summed E-state index contributed by atoms with van der Waals surface area (Å²) in [5, 5.41) is 8.27. The maximum absolute atomic E-state index is 13.7. The van der Waals surface area contributed by atoms with Gasteiger partial charge in [-0.3, -0.25) is 14.4 Å². The van der Waals surface area contributed by atoms with Crippen molar-refractivity contribution in [3.63, 3.8) is 0 Å². The molecule has 10 heteroatoms. The first-order chi connectivity index (χ1) is 24.9. The quantitative estimate of drug-likeness (QED) is 0.0844. The summed E-state index contributed by atoms with van der Waals surface area (Å²) in [6, 6.07) is 38.4. The molecule has 5 aromatic carbocycles. The molecule has 1 unspecified atom stereocenters. The van der Waals surface area contributed by atoms with Gasteiger partial charge in [0.05, 0.1) is 5.25 Å². The molecule has 3 N–H and O–H groups in total. The van der Waals surface area contributed by atoms with E-state index in [4.69, 9.17) is 14.2 Å². The Hall–Kier alpha value is -6.00. The van der Waals surface area contributed by atoms with Crippen molar-refractivity contribution in [1.82, 2.24) is 5.32 Å². The van der Waals surface area contributed by atoms with Crippen LogP contribution in [-0.4, -0.2) is 36.2 Å². The van der Waals surface area contributed by atoms with Gasteiger partial charge in [-0.05, 0) is 78.2 Å². The SMILES string of the molecule is CCC(Sc1cccc(NC(=O)/C(=C\c2ccc(OCc3ccccc3)cc2)NC(=O)c2ccccc2)c1)C(=O)Nc1ccc2c(c1)OCCO2. The summed E-state index contributed by atoms with van der Waals surface area (Å²) in [5.41, 5.74) is 3.35. The maximum atomic E-state index is 13.7. The monoisotopic (exact) mass is 699 g/mol. The lowest BCUT2D eigenvalue weighted by Gasteiger charge is -2.20. The number of ether oxygens (including phenoxy) is 3. The number of carbonyl (C=O) groups excluding carboxylic acids is 3. The van der Waals surface area contributed by atoms with Crippen LogP contribution in [0.1, 0.15) is 34.8 Å². The Balaban J connectivity index is 1.14. The summed E-state index contributed by atoms with van der Waals surface area (Å²) >= 11 is 1.39. The molecule has 3 amide bonds. The third-order valence-corrected chi connectivity index (χ3v) is 9.17. The molecule has 1 atom stereocenters. The molecule has 258 valence electrons. The van der Waals surface area contributed by atoms with Gasteiger partial charge in [0.1, 0.15) is 31.3 Å². The van der Waals surface area contributed by atoms with Crippen LogP contribution in [0.3, 0.4) is 0 Å². The first kappa shape index (κ1) is 34.8. The summed E-state index contributed by atoms with van der Waals surface area (Å²) in [6.07, 6.45) is 2.19. The second-order valence-electron chi connectivity index (χ2n) is 11.6. The van der Waals surface area contributed by atoms with E-state index >= 15 is 0 Å². The largest absolute Gasteiger partial charge is 0.489 e. The molecule has 1 aliphatic rings. The molecular weight excluding hydrogens is 663 g/mol. The first-order valence-corrected chi connectivity index (χ1v) is 17.4. The molecule has 0 saturated heterocycles. The average Bonchev–Trinajstić information content (AvgIpc) is 3.17. The number of thioether (sulfide) groups is 1. The van der Waals surface area contributed by atoms with E-state index in [9.17, 15) is 14.4 Å². The van der Waals surface area contributed by atoms with Crippen molar-refractivity contribution in [3.05, 3.63) is 150 Å². The fourth-order valence-electron chi connectivity index (χ4n) is 5.19. The van der Waals surface area contributed by atoms with E-state index in [1.165, 1.54) is 11.8 Å². The van der Waals surface area contributed by atoms with Crippen LogP contribution in [0.5, 0.6) is 17.2 Å². The normalized spacial score (nSPS) is 12.7. The molecule has 0 radical (unpaired) electrons. The maximum Gasteiger partial charge on any atom is 0.272 e. The van der Waals surface area contributed by atoms with Gasteiger partial charge in [-0.2, -0.15) is 0 Å². The van der Waals surface area contributed by atoms with Crippen molar-refractivity contribution in [2.75, 3.05) is 23.8 Å². The number of rotatable bonds is 13. The Kier molecular flexibility index (Phi) is 11.7. The minimum Gasteiger partial charge on any atom is -0.489 e. The van der Waals surface area contributed by atoms with Gasteiger partial charge in [-0.1, -0.05) is 73.7 Å². The van der Waals surface area contributed by atoms with Gasteiger partial charge in [0, 0.05) is 27.9 Å². The molecule has 0 bridgehead atoms. The van der Waals surface area contributed by atoms with E-state index in [0.29, 0.717) is 66.0 Å². The summed E-state index contributed by atoms with van der Waals surface area (Å²) in [7, 11) is 0. The fourth-order valence-corrected chi connectivity index (χ4v) is 6.20. The molecule has 51 heavy (non-hydrogen) atoms. The number of amides is 3. The summed E-state index contributed by atoms with van der Waals surface area (Å²) in [5.74, 6) is 0.850. The van der Waals surface area contributed by atoms with E-state index in [2.05, 4.69) is 16.0 Å². The van der Waals surface area contributed by atoms with E-state index in [1.54, 1.807) is 60.7 Å². The highest BCUT2D eigenvalue weighted by molar-refractivity contribution is 8.00. The minimum atomic E-state index is -0.505. The molecule has 1 heterocycles. The number of benzene rings is 5. The van der Waals surface area contributed by atoms with Gasteiger partial charge in [0.25, 0.3) is 11.8 Å². The van der Waals surface area contributed by atoms with E-state index in [0.717, 1.165) is 10.5 Å². The molecule has 5 aromatic rings. The van der Waals surface area contributed by atoms with Gasteiger partial charge < -0.3 is 30.2 Å². The van der Waals surface area contributed by atoms with E-state index < -0.39 is 17.1 Å². The van der Waals surface area contributed by atoms with Crippen LogP contribution in [-0.2, 0) is 16.2 Å². The molecule has 0 fully saturated rings. The van der Waals surface area contributed by atoms with Gasteiger partial charge in [-0.15, -0.1) is 11.8 Å². The second-order valence-corrected chi connectivity index (χ2v) is 12.8. The Morgan fingerprint density at radius 3 is 2.22 bits per heavy atom. The zero-order chi connectivity index (χ0) is 35.4. The van der Waals surface area contributed by atoms with Crippen molar-refractivity contribution >= 4 is 46.9 Å². The lowest BCUT2D eigenvalue weighted by molar-refractivity contribution is -0.116.